The zero-order valence-electron chi connectivity index (χ0n) is 15.1. The molecule has 1 amide bonds. The topological polar surface area (TPSA) is 58.4 Å². The highest BCUT2D eigenvalue weighted by Gasteiger charge is 2.38. The van der Waals surface area contributed by atoms with E-state index in [1.807, 2.05) is 24.3 Å². The molecule has 1 saturated heterocycles. The van der Waals surface area contributed by atoms with E-state index in [2.05, 4.69) is 22.0 Å². The van der Waals surface area contributed by atoms with Crippen molar-refractivity contribution in [1.82, 2.24) is 10.2 Å². The van der Waals surface area contributed by atoms with Gasteiger partial charge in [0, 0.05) is 48.8 Å². The Kier molecular flexibility index (Phi) is 6.65. The molecule has 2 fully saturated rings. The molecule has 1 aromatic rings. The van der Waals surface area contributed by atoms with Crippen LogP contribution in [0.1, 0.15) is 44.1 Å². The predicted octanol–water partition coefficient (Wildman–Crippen LogP) is 3.07. The second-order valence-corrected chi connectivity index (χ2v) is 8.58. The Morgan fingerprint density at radius 1 is 1.16 bits per heavy atom. The fourth-order valence-electron chi connectivity index (χ4n) is 4.21. The zero-order valence-corrected chi connectivity index (χ0v) is 16.0. The lowest BCUT2D eigenvalue weighted by Crippen LogP contribution is -2.58. The molecule has 25 heavy (non-hydrogen) atoms. The van der Waals surface area contributed by atoms with E-state index in [0.29, 0.717) is 12.8 Å². The lowest BCUT2D eigenvalue weighted by molar-refractivity contribution is -0.122. The minimum Gasteiger partial charge on any atom is -0.399 e. The molecule has 0 bridgehead atoms. The lowest BCUT2D eigenvalue weighted by Gasteiger charge is -2.48. The first-order chi connectivity index (χ1) is 12.2. The molecule has 0 unspecified atom stereocenters. The number of hydrogen-bond acceptors (Lipinski definition) is 4. The highest BCUT2D eigenvalue weighted by molar-refractivity contribution is 7.99. The Bertz CT molecular complexity index is 566. The van der Waals surface area contributed by atoms with Crippen molar-refractivity contribution in [3.05, 3.63) is 29.8 Å². The molecule has 1 aliphatic carbocycles. The maximum atomic E-state index is 12.4. The summed E-state index contributed by atoms with van der Waals surface area (Å²) < 4.78 is 0. The zero-order chi connectivity index (χ0) is 17.5. The van der Waals surface area contributed by atoms with Crippen molar-refractivity contribution < 1.29 is 4.79 Å². The van der Waals surface area contributed by atoms with Gasteiger partial charge >= 0.3 is 0 Å². The number of thioether (sulfide) groups is 1. The third-order valence-electron chi connectivity index (χ3n) is 5.76. The summed E-state index contributed by atoms with van der Waals surface area (Å²) in [5.41, 5.74) is 8.02. The van der Waals surface area contributed by atoms with Crippen LogP contribution in [0.4, 0.5) is 5.69 Å². The van der Waals surface area contributed by atoms with Gasteiger partial charge in [0.25, 0.3) is 0 Å². The van der Waals surface area contributed by atoms with E-state index in [-0.39, 0.29) is 11.4 Å². The number of nitrogens with two attached hydrogens (primary N) is 1. The van der Waals surface area contributed by atoms with E-state index in [0.717, 1.165) is 17.8 Å². The first kappa shape index (κ1) is 18.6. The van der Waals surface area contributed by atoms with Crippen molar-refractivity contribution >= 4 is 23.4 Å². The van der Waals surface area contributed by atoms with E-state index in [1.165, 1.54) is 56.7 Å². The van der Waals surface area contributed by atoms with Crippen LogP contribution in [0.15, 0.2) is 24.3 Å². The summed E-state index contributed by atoms with van der Waals surface area (Å²) in [6.45, 7) is 3.14. The lowest BCUT2D eigenvalue weighted by atomic mass is 9.80. The number of nitrogens with one attached hydrogen (secondary N) is 1. The number of nitrogen functional groups attached to an aromatic ring is 1. The summed E-state index contributed by atoms with van der Waals surface area (Å²) in [6, 6.07) is 7.83. The molecular weight excluding hydrogens is 330 g/mol. The van der Waals surface area contributed by atoms with E-state index in [1.54, 1.807) is 0 Å². The number of aryl methyl sites for hydroxylation is 1. The maximum Gasteiger partial charge on any atom is 0.220 e. The molecule has 5 heteroatoms. The van der Waals surface area contributed by atoms with Crippen molar-refractivity contribution in [3.8, 4) is 0 Å². The average molecular weight is 362 g/mol. The summed E-state index contributed by atoms with van der Waals surface area (Å²) in [4.78, 5) is 15.1. The largest absolute Gasteiger partial charge is 0.399 e. The Labute approximate surface area is 155 Å². The first-order valence-electron chi connectivity index (χ1n) is 9.62. The van der Waals surface area contributed by atoms with Gasteiger partial charge in [0.05, 0.1) is 0 Å². The molecule has 0 radical (unpaired) electrons. The van der Waals surface area contributed by atoms with Gasteiger partial charge in [0.15, 0.2) is 0 Å². The Morgan fingerprint density at radius 3 is 2.60 bits per heavy atom. The second-order valence-electron chi connectivity index (χ2n) is 7.36. The maximum absolute atomic E-state index is 12.4. The molecule has 3 rings (SSSR count). The summed E-state index contributed by atoms with van der Waals surface area (Å²) in [5.74, 6) is 2.60. The number of amides is 1. The van der Waals surface area contributed by atoms with Gasteiger partial charge in [0.1, 0.15) is 0 Å². The minimum atomic E-state index is 0.152. The van der Waals surface area contributed by atoms with Crippen molar-refractivity contribution in [2.75, 3.05) is 36.9 Å². The molecule has 4 nitrogen and oxygen atoms in total. The minimum absolute atomic E-state index is 0.152. The standard InChI is InChI=1S/C20H31N3OS/c21-18-7-3-2-6-17(18)8-9-19(24)22-16-20(10-4-1-5-11-20)23-12-14-25-15-13-23/h2-3,6-7H,1,4-5,8-16,21H2,(H,22,24). The number of rotatable bonds is 6. The third kappa shape index (κ3) is 4.91. The van der Waals surface area contributed by atoms with E-state index in [9.17, 15) is 4.79 Å². The van der Waals surface area contributed by atoms with Crippen LogP contribution < -0.4 is 11.1 Å². The van der Waals surface area contributed by atoms with Gasteiger partial charge in [0.2, 0.25) is 5.91 Å². The molecule has 0 aromatic heterocycles. The van der Waals surface area contributed by atoms with Crippen LogP contribution in [0, 0.1) is 0 Å². The number of hydrogen-bond donors (Lipinski definition) is 2. The smallest absolute Gasteiger partial charge is 0.220 e. The van der Waals surface area contributed by atoms with Crippen molar-refractivity contribution in [1.29, 1.82) is 0 Å². The van der Waals surface area contributed by atoms with Gasteiger partial charge in [-0.15, -0.1) is 0 Å². The van der Waals surface area contributed by atoms with Gasteiger partial charge in [-0.25, -0.2) is 0 Å². The van der Waals surface area contributed by atoms with E-state index in [4.69, 9.17) is 5.73 Å². The van der Waals surface area contributed by atoms with Gasteiger partial charge < -0.3 is 11.1 Å². The first-order valence-corrected chi connectivity index (χ1v) is 10.8. The van der Waals surface area contributed by atoms with Crippen LogP contribution in [0.3, 0.4) is 0 Å². The van der Waals surface area contributed by atoms with Gasteiger partial charge in [-0.1, -0.05) is 37.5 Å². The SMILES string of the molecule is Nc1ccccc1CCC(=O)NCC1(N2CCSCC2)CCCCC1. The second kappa shape index (κ2) is 8.95. The molecule has 1 saturated carbocycles. The van der Waals surface area contributed by atoms with Crippen LogP contribution in [-0.2, 0) is 11.2 Å². The Hall–Kier alpha value is -1.20. The van der Waals surface area contributed by atoms with Crippen LogP contribution in [-0.4, -0.2) is 47.5 Å². The monoisotopic (exact) mass is 361 g/mol. The molecule has 0 spiro atoms. The predicted molar refractivity (Wildman–Crippen MR) is 107 cm³/mol. The van der Waals surface area contributed by atoms with Crippen molar-refractivity contribution in [2.24, 2.45) is 0 Å². The molecule has 2 aliphatic rings. The molecule has 1 aromatic carbocycles. The Morgan fingerprint density at radius 2 is 1.88 bits per heavy atom. The molecule has 0 atom stereocenters. The normalized spacial score (nSPS) is 21.0. The number of anilines is 1. The fourth-order valence-corrected chi connectivity index (χ4v) is 5.12. The fraction of sp³-hybridized carbons (Fsp3) is 0.650. The molecule has 3 N–H and O–H groups in total. The van der Waals surface area contributed by atoms with Gasteiger partial charge in [-0.3, -0.25) is 9.69 Å². The third-order valence-corrected chi connectivity index (χ3v) is 6.70. The van der Waals surface area contributed by atoms with Crippen LogP contribution >= 0.6 is 11.8 Å². The number of carbonyl (C=O) groups is 1. The van der Waals surface area contributed by atoms with Gasteiger partial charge in [-0.05, 0) is 30.9 Å². The molecular formula is C20H31N3OS. The summed E-state index contributed by atoms with van der Waals surface area (Å²) >= 11 is 2.05. The van der Waals surface area contributed by atoms with Crippen molar-refractivity contribution in [2.45, 2.75) is 50.5 Å². The number of benzene rings is 1. The number of nitrogens with zero attached hydrogens (tertiary/aromatic N) is 1. The van der Waals surface area contributed by atoms with E-state index < -0.39 is 0 Å². The average Bonchev–Trinajstić information content (AvgIpc) is 2.67. The molecule has 1 heterocycles. The highest BCUT2D eigenvalue weighted by Crippen LogP contribution is 2.34. The number of carbonyl (C=O) groups excluding carboxylic acids is 1. The number of para-hydroxylation sites is 1. The summed E-state index contributed by atoms with van der Waals surface area (Å²) in [5, 5.41) is 3.25. The van der Waals surface area contributed by atoms with Gasteiger partial charge in [-0.2, -0.15) is 11.8 Å². The van der Waals surface area contributed by atoms with Crippen LogP contribution in [0.5, 0.6) is 0 Å². The highest BCUT2D eigenvalue weighted by atomic mass is 32.2. The van der Waals surface area contributed by atoms with E-state index >= 15 is 0 Å². The quantitative estimate of drug-likeness (QED) is 0.765. The van der Waals surface area contributed by atoms with Crippen molar-refractivity contribution in [3.63, 3.8) is 0 Å². The Balaban J connectivity index is 1.53. The molecule has 1 aliphatic heterocycles. The summed E-state index contributed by atoms with van der Waals surface area (Å²) in [6.07, 6.45) is 7.60. The summed E-state index contributed by atoms with van der Waals surface area (Å²) in [7, 11) is 0. The molecule has 138 valence electrons. The van der Waals surface area contributed by atoms with Crippen LogP contribution in [0.25, 0.3) is 0 Å². The van der Waals surface area contributed by atoms with Crippen LogP contribution in [0.2, 0.25) is 0 Å².